The van der Waals surface area contributed by atoms with Crippen LogP contribution in [-0.2, 0) is 4.79 Å². The van der Waals surface area contributed by atoms with Crippen molar-refractivity contribution in [2.75, 3.05) is 6.61 Å². The molecule has 0 saturated heterocycles. The maximum absolute atomic E-state index is 12.1. The van der Waals surface area contributed by atoms with E-state index in [9.17, 15) is 4.79 Å². The standard InChI is InChI=1S/C14H20BrNO2/c1-10(2)16(11(3)4)14(17)9-18-13-8-6-5-7-12(13)15/h5-8,10-11H,9H2,1-4H3. The molecule has 0 heterocycles. The lowest BCUT2D eigenvalue weighted by atomic mass is 10.2. The third-order valence-corrected chi connectivity index (χ3v) is 3.24. The molecule has 0 N–H and O–H groups in total. The fourth-order valence-electron chi connectivity index (χ4n) is 1.95. The molecule has 0 atom stereocenters. The Kier molecular flexibility index (Phi) is 5.66. The second kappa shape index (κ2) is 6.78. The summed E-state index contributed by atoms with van der Waals surface area (Å²) in [5.41, 5.74) is 0. The van der Waals surface area contributed by atoms with E-state index in [0.29, 0.717) is 5.75 Å². The predicted octanol–water partition coefficient (Wildman–Crippen LogP) is 3.47. The summed E-state index contributed by atoms with van der Waals surface area (Å²) >= 11 is 3.39. The molecule has 0 aliphatic carbocycles. The summed E-state index contributed by atoms with van der Waals surface area (Å²) in [6.45, 7) is 8.11. The quantitative estimate of drug-likeness (QED) is 0.833. The Hall–Kier alpha value is -1.03. The Morgan fingerprint density at radius 2 is 1.78 bits per heavy atom. The number of ether oxygens (including phenoxy) is 1. The van der Waals surface area contributed by atoms with E-state index in [1.807, 2.05) is 56.9 Å². The lowest BCUT2D eigenvalue weighted by Crippen LogP contribution is -2.44. The van der Waals surface area contributed by atoms with Gasteiger partial charge in [0.1, 0.15) is 5.75 Å². The van der Waals surface area contributed by atoms with Crippen LogP contribution in [0.1, 0.15) is 27.7 Å². The first kappa shape index (κ1) is 15.0. The van der Waals surface area contributed by atoms with Crippen LogP contribution >= 0.6 is 15.9 Å². The van der Waals surface area contributed by atoms with Gasteiger partial charge in [0.15, 0.2) is 6.61 Å². The molecule has 4 heteroatoms. The monoisotopic (exact) mass is 313 g/mol. The van der Waals surface area contributed by atoms with Crippen molar-refractivity contribution in [3.63, 3.8) is 0 Å². The molecular formula is C14H20BrNO2. The fourth-order valence-corrected chi connectivity index (χ4v) is 2.35. The zero-order valence-corrected chi connectivity index (χ0v) is 12.9. The minimum atomic E-state index is 0.00996. The van der Waals surface area contributed by atoms with Gasteiger partial charge >= 0.3 is 0 Å². The first-order valence-corrected chi connectivity index (χ1v) is 6.91. The summed E-state index contributed by atoms with van der Waals surface area (Å²) < 4.78 is 6.40. The van der Waals surface area contributed by atoms with Gasteiger partial charge in [0, 0.05) is 12.1 Å². The third-order valence-electron chi connectivity index (χ3n) is 2.59. The van der Waals surface area contributed by atoms with Crippen molar-refractivity contribution in [2.45, 2.75) is 39.8 Å². The van der Waals surface area contributed by atoms with Crippen molar-refractivity contribution < 1.29 is 9.53 Å². The number of benzene rings is 1. The lowest BCUT2D eigenvalue weighted by molar-refractivity contribution is -0.137. The van der Waals surface area contributed by atoms with E-state index in [-0.39, 0.29) is 24.6 Å². The zero-order chi connectivity index (χ0) is 13.7. The molecule has 0 aliphatic heterocycles. The van der Waals surface area contributed by atoms with Gasteiger partial charge in [-0.05, 0) is 55.8 Å². The Bertz CT molecular complexity index is 397. The second-order valence-corrected chi connectivity index (χ2v) is 5.56. The number of hydrogen-bond acceptors (Lipinski definition) is 2. The molecule has 1 aromatic rings. The molecule has 0 unspecified atom stereocenters. The van der Waals surface area contributed by atoms with E-state index >= 15 is 0 Å². The van der Waals surface area contributed by atoms with E-state index in [2.05, 4.69) is 15.9 Å². The topological polar surface area (TPSA) is 29.5 Å². The van der Waals surface area contributed by atoms with Crippen LogP contribution in [0.4, 0.5) is 0 Å². The smallest absolute Gasteiger partial charge is 0.260 e. The third kappa shape index (κ3) is 4.02. The average molecular weight is 314 g/mol. The number of amides is 1. The number of rotatable bonds is 5. The second-order valence-electron chi connectivity index (χ2n) is 4.71. The van der Waals surface area contributed by atoms with E-state index < -0.39 is 0 Å². The maximum atomic E-state index is 12.1. The lowest BCUT2D eigenvalue weighted by Gasteiger charge is -2.30. The summed E-state index contributed by atoms with van der Waals surface area (Å²) in [6, 6.07) is 7.88. The van der Waals surface area contributed by atoms with E-state index in [4.69, 9.17) is 4.74 Å². The molecule has 0 spiro atoms. The number of carbonyl (C=O) groups is 1. The normalized spacial score (nSPS) is 10.8. The highest BCUT2D eigenvalue weighted by molar-refractivity contribution is 9.10. The highest BCUT2D eigenvalue weighted by atomic mass is 79.9. The van der Waals surface area contributed by atoms with Crippen molar-refractivity contribution in [2.24, 2.45) is 0 Å². The minimum Gasteiger partial charge on any atom is -0.483 e. The van der Waals surface area contributed by atoms with Crippen LogP contribution in [0.25, 0.3) is 0 Å². The van der Waals surface area contributed by atoms with Gasteiger partial charge in [-0.1, -0.05) is 12.1 Å². The van der Waals surface area contributed by atoms with Gasteiger partial charge in [-0.2, -0.15) is 0 Å². The molecule has 100 valence electrons. The Labute approximate surface area is 117 Å². The molecule has 0 fully saturated rings. The summed E-state index contributed by atoms with van der Waals surface area (Å²) in [7, 11) is 0. The molecule has 1 aromatic carbocycles. The maximum Gasteiger partial charge on any atom is 0.260 e. The fraction of sp³-hybridized carbons (Fsp3) is 0.500. The summed E-state index contributed by atoms with van der Waals surface area (Å²) in [5, 5.41) is 0. The van der Waals surface area contributed by atoms with Crippen LogP contribution in [-0.4, -0.2) is 29.5 Å². The summed E-state index contributed by atoms with van der Waals surface area (Å²) in [6.07, 6.45) is 0. The molecule has 3 nitrogen and oxygen atoms in total. The SMILES string of the molecule is CC(C)N(C(=O)COc1ccccc1Br)C(C)C. The van der Waals surface area contributed by atoms with E-state index in [0.717, 1.165) is 4.47 Å². The van der Waals surface area contributed by atoms with Crippen molar-refractivity contribution >= 4 is 21.8 Å². The van der Waals surface area contributed by atoms with Crippen molar-refractivity contribution in [1.82, 2.24) is 4.90 Å². The van der Waals surface area contributed by atoms with Crippen molar-refractivity contribution in [1.29, 1.82) is 0 Å². The van der Waals surface area contributed by atoms with E-state index in [1.54, 1.807) is 0 Å². The van der Waals surface area contributed by atoms with Gasteiger partial charge in [0.25, 0.3) is 5.91 Å². The number of para-hydroxylation sites is 1. The molecular weight excluding hydrogens is 294 g/mol. The van der Waals surface area contributed by atoms with Crippen LogP contribution in [0.3, 0.4) is 0 Å². The summed E-state index contributed by atoms with van der Waals surface area (Å²) in [4.78, 5) is 13.9. The average Bonchev–Trinajstić information content (AvgIpc) is 2.27. The molecule has 1 rings (SSSR count). The van der Waals surface area contributed by atoms with Crippen LogP contribution in [0, 0.1) is 0 Å². The number of halogens is 1. The molecule has 0 aliphatic rings. The van der Waals surface area contributed by atoms with Crippen molar-refractivity contribution in [3.05, 3.63) is 28.7 Å². The van der Waals surface area contributed by atoms with Gasteiger partial charge in [-0.15, -0.1) is 0 Å². The van der Waals surface area contributed by atoms with E-state index in [1.165, 1.54) is 0 Å². The molecule has 0 bridgehead atoms. The molecule has 0 radical (unpaired) electrons. The minimum absolute atomic E-state index is 0.00996. The van der Waals surface area contributed by atoms with Crippen LogP contribution < -0.4 is 4.74 Å². The Morgan fingerprint density at radius 3 is 2.28 bits per heavy atom. The van der Waals surface area contributed by atoms with Gasteiger partial charge in [0.2, 0.25) is 0 Å². The largest absolute Gasteiger partial charge is 0.483 e. The van der Waals surface area contributed by atoms with Gasteiger partial charge in [-0.3, -0.25) is 4.79 Å². The number of hydrogen-bond donors (Lipinski definition) is 0. The highest BCUT2D eigenvalue weighted by Gasteiger charge is 2.20. The summed E-state index contributed by atoms with van der Waals surface area (Å²) in [5.74, 6) is 0.703. The highest BCUT2D eigenvalue weighted by Crippen LogP contribution is 2.23. The number of nitrogens with zero attached hydrogens (tertiary/aromatic N) is 1. The molecule has 0 aromatic heterocycles. The molecule has 18 heavy (non-hydrogen) atoms. The van der Waals surface area contributed by atoms with Crippen LogP contribution in [0.2, 0.25) is 0 Å². The molecule has 1 amide bonds. The van der Waals surface area contributed by atoms with Crippen LogP contribution in [0.5, 0.6) is 5.75 Å². The first-order valence-electron chi connectivity index (χ1n) is 6.12. The van der Waals surface area contributed by atoms with Crippen LogP contribution in [0.15, 0.2) is 28.7 Å². The molecule has 0 saturated carbocycles. The van der Waals surface area contributed by atoms with Crippen molar-refractivity contribution in [3.8, 4) is 5.75 Å². The Morgan fingerprint density at radius 1 is 1.22 bits per heavy atom. The van der Waals surface area contributed by atoms with Gasteiger partial charge in [-0.25, -0.2) is 0 Å². The predicted molar refractivity (Wildman–Crippen MR) is 76.8 cm³/mol. The van der Waals surface area contributed by atoms with Gasteiger partial charge < -0.3 is 9.64 Å². The first-order chi connectivity index (χ1) is 8.43. The zero-order valence-electron chi connectivity index (χ0n) is 11.3. The Balaban J connectivity index is 2.63. The number of carbonyl (C=O) groups excluding carboxylic acids is 1. The van der Waals surface area contributed by atoms with Gasteiger partial charge in [0.05, 0.1) is 4.47 Å².